The molecule has 3 fully saturated rings. The third kappa shape index (κ3) is 5.19. The van der Waals surface area contributed by atoms with Gasteiger partial charge in [-0.05, 0) is 77.5 Å². The lowest BCUT2D eigenvalue weighted by molar-refractivity contribution is -0.392. The van der Waals surface area contributed by atoms with E-state index in [0.717, 1.165) is 28.0 Å². The first-order valence-corrected chi connectivity index (χ1v) is 17.7. The number of halogens is 3. The van der Waals surface area contributed by atoms with E-state index in [-0.39, 0.29) is 50.9 Å². The molecular formula is C36H30BrClFN5O10. The number of phenolic OH excluding ortho intramolecular Hbond substituents is 1. The van der Waals surface area contributed by atoms with Gasteiger partial charge in [0.15, 0.2) is 17.2 Å². The first kappa shape index (κ1) is 36.9. The van der Waals surface area contributed by atoms with Crippen LogP contribution in [-0.2, 0) is 19.2 Å². The van der Waals surface area contributed by atoms with Gasteiger partial charge in [0.05, 0.1) is 61.0 Å². The van der Waals surface area contributed by atoms with Gasteiger partial charge in [-0.25, -0.2) is 14.2 Å². The molecule has 2 aliphatic carbocycles. The zero-order chi connectivity index (χ0) is 39.3. The van der Waals surface area contributed by atoms with Crippen molar-refractivity contribution in [3.05, 3.63) is 95.2 Å². The lowest BCUT2D eigenvalue weighted by atomic mass is 9.51. The number of amides is 4. The molecule has 6 unspecified atom stereocenters. The number of nitro groups is 2. The molecule has 7 rings (SSSR count). The molecule has 18 heteroatoms. The predicted molar refractivity (Wildman–Crippen MR) is 195 cm³/mol. The molecule has 1 N–H and O–H groups in total. The average molecular weight is 827 g/mol. The van der Waals surface area contributed by atoms with Crippen LogP contribution in [-0.4, -0.2) is 59.8 Å². The Morgan fingerprint density at radius 2 is 1.61 bits per heavy atom. The number of ether oxygens (including phenoxy) is 1. The van der Waals surface area contributed by atoms with Crippen LogP contribution in [0.4, 0.5) is 32.8 Å². The van der Waals surface area contributed by atoms with E-state index in [2.05, 4.69) is 15.9 Å². The summed E-state index contributed by atoms with van der Waals surface area (Å²) >= 11 is 9.42. The van der Waals surface area contributed by atoms with Crippen molar-refractivity contribution in [2.24, 2.45) is 29.1 Å². The molecule has 6 atom stereocenters. The number of carbonyl (C=O) groups excluding carboxylic acids is 4. The number of allylic oxidation sites excluding steroid dienone is 2. The van der Waals surface area contributed by atoms with E-state index < -0.39 is 85.7 Å². The monoisotopic (exact) mass is 825 g/mol. The third-order valence-corrected chi connectivity index (χ3v) is 12.1. The Morgan fingerprint density at radius 1 is 0.963 bits per heavy atom. The standard InChI is InChI=1S/C36H30BrClFN5O10/c1-36-21(33(47)42(35(36)49)16-5-8-24(39)23(38)11-16)14-20-18(29(36)15-9-22(37)31(45)27(10-15)54-4)6-7-19-28(20)34(48)41(32(19)46)17-12-25(43(50)51)30(40(2)3)26(13-17)44(52)53/h5-6,8-13,19-21,28-29,45H,7,14H2,1-4H3. The molecule has 2 saturated heterocycles. The van der Waals surface area contributed by atoms with E-state index in [9.17, 15) is 48.9 Å². The highest BCUT2D eigenvalue weighted by Crippen LogP contribution is 2.64. The SMILES string of the molecule is COc1cc(C2C3=CCC4C(=O)N(c5cc([N+](=O)[O-])c(N(C)C)c([N+](=O)[O-])c5)C(=O)C4C3CC3C(=O)N(c4ccc(F)c(Cl)c4)C(=O)C32C)cc(Br)c1O. The van der Waals surface area contributed by atoms with Gasteiger partial charge >= 0.3 is 11.4 Å². The largest absolute Gasteiger partial charge is 0.503 e. The average Bonchev–Trinajstić information content (AvgIpc) is 3.49. The Balaban J connectivity index is 1.39. The number of methoxy groups -OCH3 is 1. The molecule has 2 aliphatic heterocycles. The molecule has 1 saturated carbocycles. The van der Waals surface area contributed by atoms with E-state index in [0.29, 0.717) is 11.1 Å². The zero-order valence-corrected chi connectivity index (χ0v) is 31.3. The van der Waals surface area contributed by atoms with Crippen LogP contribution < -0.4 is 19.4 Å². The summed E-state index contributed by atoms with van der Waals surface area (Å²) in [5.74, 6) is -8.63. The second-order valence-electron chi connectivity index (χ2n) is 14.1. The number of fused-ring (bicyclic) bond motifs is 4. The van der Waals surface area contributed by atoms with E-state index in [1.165, 1.54) is 44.3 Å². The van der Waals surface area contributed by atoms with E-state index in [1.54, 1.807) is 19.1 Å². The fraction of sp³-hybridized carbons (Fsp3) is 0.333. The highest BCUT2D eigenvalue weighted by Gasteiger charge is 2.68. The second-order valence-corrected chi connectivity index (χ2v) is 15.3. The van der Waals surface area contributed by atoms with Crippen LogP contribution in [0.5, 0.6) is 11.5 Å². The number of hydrogen-bond acceptors (Lipinski definition) is 11. The fourth-order valence-electron chi connectivity index (χ4n) is 8.89. The van der Waals surface area contributed by atoms with Crippen molar-refractivity contribution in [3.63, 3.8) is 0 Å². The highest BCUT2D eigenvalue weighted by atomic mass is 79.9. The fourth-order valence-corrected chi connectivity index (χ4v) is 9.53. The summed E-state index contributed by atoms with van der Waals surface area (Å²) in [6.45, 7) is 1.63. The van der Waals surface area contributed by atoms with Gasteiger partial charge in [-0.3, -0.25) is 39.4 Å². The van der Waals surface area contributed by atoms with E-state index in [4.69, 9.17) is 16.3 Å². The van der Waals surface area contributed by atoms with Gasteiger partial charge in [0.1, 0.15) is 5.82 Å². The van der Waals surface area contributed by atoms with Gasteiger partial charge in [0, 0.05) is 32.1 Å². The Bertz CT molecular complexity index is 2250. The number of nitro benzene ring substituents is 2. The van der Waals surface area contributed by atoms with Crippen molar-refractivity contribution in [1.82, 2.24) is 0 Å². The number of aromatic hydroxyl groups is 1. The molecule has 15 nitrogen and oxygen atoms in total. The van der Waals surface area contributed by atoms with Crippen LogP contribution in [0.3, 0.4) is 0 Å². The molecular weight excluding hydrogens is 797 g/mol. The summed E-state index contributed by atoms with van der Waals surface area (Å²) in [4.78, 5) is 83.3. The molecule has 0 aromatic heterocycles. The Morgan fingerprint density at radius 3 is 2.19 bits per heavy atom. The molecule has 3 aromatic carbocycles. The molecule has 0 spiro atoms. The number of benzene rings is 3. The third-order valence-electron chi connectivity index (χ3n) is 11.2. The predicted octanol–water partition coefficient (Wildman–Crippen LogP) is 6.27. The van der Waals surface area contributed by atoms with Crippen LogP contribution >= 0.6 is 27.5 Å². The van der Waals surface area contributed by atoms with Gasteiger partial charge < -0.3 is 14.7 Å². The Kier molecular flexibility index (Phi) is 8.80. The number of hydrogen-bond donors (Lipinski definition) is 1. The zero-order valence-electron chi connectivity index (χ0n) is 28.9. The van der Waals surface area contributed by atoms with Crippen LogP contribution in [0.15, 0.2) is 58.6 Å². The van der Waals surface area contributed by atoms with Crippen LogP contribution in [0.2, 0.25) is 5.02 Å². The number of nitrogens with zero attached hydrogens (tertiary/aromatic N) is 5. The van der Waals surface area contributed by atoms with Gasteiger partial charge in [0.2, 0.25) is 23.6 Å². The van der Waals surface area contributed by atoms with Crippen molar-refractivity contribution >= 4 is 79.6 Å². The number of rotatable bonds is 7. The number of carbonyl (C=O) groups is 4. The minimum atomic E-state index is -1.51. The van der Waals surface area contributed by atoms with Gasteiger partial charge in [-0.15, -0.1) is 0 Å². The molecule has 280 valence electrons. The molecule has 4 amide bonds. The van der Waals surface area contributed by atoms with Crippen LogP contribution in [0.1, 0.15) is 31.2 Å². The molecule has 0 bridgehead atoms. The topological polar surface area (TPSA) is 194 Å². The normalized spacial score (nSPS) is 26.0. The van der Waals surface area contributed by atoms with Crippen molar-refractivity contribution in [1.29, 1.82) is 0 Å². The lowest BCUT2D eigenvalue weighted by Crippen LogP contribution is -2.48. The maximum atomic E-state index is 14.7. The first-order valence-electron chi connectivity index (χ1n) is 16.6. The van der Waals surface area contributed by atoms with Crippen LogP contribution in [0, 0.1) is 55.1 Å². The lowest BCUT2D eigenvalue weighted by Gasteiger charge is -2.49. The maximum absolute atomic E-state index is 14.7. The van der Waals surface area contributed by atoms with Crippen molar-refractivity contribution in [2.45, 2.75) is 25.7 Å². The smallest absolute Gasteiger partial charge is 0.301 e. The minimum absolute atomic E-state index is 0.00456. The summed E-state index contributed by atoms with van der Waals surface area (Å²) in [6.07, 6.45) is 1.69. The number of imide groups is 2. The van der Waals surface area contributed by atoms with Crippen molar-refractivity contribution in [2.75, 3.05) is 35.9 Å². The summed E-state index contributed by atoms with van der Waals surface area (Å²) in [5.41, 5.74) is -2.51. The highest BCUT2D eigenvalue weighted by molar-refractivity contribution is 9.10. The number of anilines is 3. The van der Waals surface area contributed by atoms with E-state index in [1.807, 2.05) is 0 Å². The summed E-state index contributed by atoms with van der Waals surface area (Å²) in [7, 11) is 4.11. The molecule has 54 heavy (non-hydrogen) atoms. The van der Waals surface area contributed by atoms with Crippen molar-refractivity contribution in [3.8, 4) is 11.5 Å². The summed E-state index contributed by atoms with van der Waals surface area (Å²) < 4.78 is 19.8. The summed E-state index contributed by atoms with van der Waals surface area (Å²) in [5, 5.41) is 34.6. The van der Waals surface area contributed by atoms with Gasteiger partial charge in [-0.1, -0.05) is 23.3 Å². The summed E-state index contributed by atoms with van der Waals surface area (Å²) in [6, 6.07) is 8.47. The Hall–Kier alpha value is -5.42. The van der Waals surface area contributed by atoms with Crippen molar-refractivity contribution < 1.29 is 43.3 Å². The van der Waals surface area contributed by atoms with Gasteiger partial charge in [-0.2, -0.15) is 0 Å². The molecule has 4 aliphatic rings. The minimum Gasteiger partial charge on any atom is -0.503 e. The van der Waals surface area contributed by atoms with E-state index >= 15 is 0 Å². The molecule has 0 radical (unpaired) electrons. The second kappa shape index (κ2) is 12.9. The maximum Gasteiger partial charge on any atom is 0.301 e. The number of phenols is 1. The van der Waals surface area contributed by atoms with Gasteiger partial charge in [0.25, 0.3) is 0 Å². The quantitative estimate of drug-likeness (QED) is 0.122. The first-order chi connectivity index (χ1) is 25.4. The molecule has 3 aromatic rings. The molecule has 2 heterocycles. The Labute approximate surface area is 319 Å². The van der Waals surface area contributed by atoms with Crippen LogP contribution in [0.25, 0.3) is 0 Å².